The number of amides is 2. The Morgan fingerprint density at radius 2 is 1.73 bits per heavy atom. The summed E-state index contributed by atoms with van der Waals surface area (Å²) in [6, 6.07) is 12.2. The summed E-state index contributed by atoms with van der Waals surface area (Å²) >= 11 is 12.9. The molecule has 0 radical (unpaired) electrons. The lowest BCUT2D eigenvalue weighted by atomic mass is 10.1. The van der Waals surface area contributed by atoms with Gasteiger partial charge in [-0.05, 0) is 56.2 Å². The first-order valence-corrected chi connectivity index (χ1v) is 11.6. The lowest BCUT2D eigenvalue weighted by Crippen LogP contribution is -2.50. The van der Waals surface area contributed by atoms with Crippen molar-refractivity contribution in [1.29, 1.82) is 0 Å². The van der Waals surface area contributed by atoms with Gasteiger partial charge in [0.25, 0.3) is 5.91 Å². The van der Waals surface area contributed by atoms with E-state index in [0.29, 0.717) is 17.3 Å². The van der Waals surface area contributed by atoms with Gasteiger partial charge < -0.3 is 15.0 Å². The first kappa shape index (κ1) is 24.7. The van der Waals surface area contributed by atoms with Crippen LogP contribution in [-0.4, -0.2) is 35.4 Å². The largest absolute Gasteiger partial charge is 0.482 e. The third kappa shape index (κ3) is 7.29. The summed E-state index contributed by atoms with van der Waals surface area (Å²) in [7, 11) is 0. The van der Waals surface area contributed by atoms with Crippen molar-refractivity contribution in [2.24, 2.45) is 0 Å². The van der Waals surface area contributed by atoms with Crippen LogP contribution in [0.5, 0.6) is 5.75 Å². The van der Waals surface area contributed by atoms with Crippen LogP contribution in [0.4, 0.5) is 0 Å². The summed E-state index contributed by atoms with van der Waals surface area (Å²) in [4.78, 5) is 27.2. The molecule has 0 aliphatic carbocycles. The molecule has 0 aromatic heterocycles. The van der Waals surface area contributed by atoms with Crippen molar-refractivity contribution in [1.82, 2.24) is 10.2 Å². The Bertz CT molecular complexity index is 877. The lowest BCUT2D eigenvalue weighted by Gasteiger charge is -2.29. The van der Waals surface area contributed by atoms with Gasteiger partial charge in [-0.1, -0.05) is 62.5 Å². The van der Waals surface area contributed by atoms with Crippen LogP contribution in [0.3, 0.4) is 0 Å². The number of carbonyl (C=O) groups excluding carboxylic acids is 2. The van der Waals surface area contributed by atoms with E-state index in [9.17, 15) is 9.59 Å². The minimum atomic E-state index is -0.654. The predicted octanol–water partition coefficient (Wildman–Crippen LogP) is 5.58. The highest BCUT2D eigenvalue weighted by Gasteiger charge is 2.27. The molecule has 5 nitrogen and oxygen atoms in total. The third-order valence-corrected chi connectivity index (χ3v) is 6.00. The van der Waals surface area contributed by atoms with Crippen LogP contribution in [0.15, 0.2) is 51.4 Å². The van der Waals surface area contributed by atoms with Crippen LogP contribution >= 0.6 is 43.5 Å². The Morgan fingerprint density at radius 3 is 2.33 bits per heavy atom. The molecule has 0 saturated heterocycles. The standard InChI is InChI=1S/C22H25Br2ClN2O3/c1-4-14(2)26-22(29)15(3)27(12-16-5-7-17(23)8-6-16)21(28)13-30-20-10-9-18(24)11-19(20)25/h5-11,14-15H,4,12-13H2,1-3H3,(H,26,29)/t14-,15-/m1/s1. The summed E-state index contributed by atoms with van der Waals surface area (Å²) in [6.45, 7) is 5.72. The molecule has 8 heteroatoms. The number of hydrogen-bond acceptors (Lipinski definition) is 3. The molecule has 162 valence electrons. The molecule has 0 bridgehead atoms. The maximum absolute atomic E-state index is 13.0. The monoisotopic (exact) mass is 558 g/mol. The van der Waals surface area contributed by atoms with E-state index in [2.05, 4.69) is 37.2 Å². The highest BCUT2D eigenvalue weighted by molar-refractivity contribution is 9.10. The van der Waals surface area contributed by atoms with E-state index < -0.39 is 6.04 Å². The van der Waals surface area contributed by atoms with Gasteiger partial charge in [-0.2, -0.15) is 0 Å². The van der Waals surface area contributed by atoms with Crippen molar-refractivity contribution in [3.8, 4) is 5.75 Å². The topological polar surface area (TPSA) is 58.6 Å². The highest BCUT2D eigenvalue weighted by atomic mass is 79.9. The molecule has 2 rings (SSSR count). The number of ether oxygens (including phenoxy) is 1. The van der Waals surface area contributed by atoms with E-state index in [-0.39, 0.29) is 24.5 Å². The van der Waals surface area contributed by atoms with Gasteiger partial charge in [0.2, 0.25) is 5.91 Å². The molecular formula is C22H25Br2ClN2O3. The maximum Gasteiger partial charge on any atom is 0.261 e. The molecule has 0 aliphatic rings. The number of nitrogens with one attached hydrogen (secondary N) is 1. The second-order valence-corrected chi connectivity index (χ2v) is 9.24. The number of benzene rings is 2. The minimum Gasteiger partial charge on any atom is -0.482 e. The zero-order chi connectivity index (χ0) is 22.3. The second-order valence-electron chi connectivity index (χ2n) is 7.01. The molecule has 0 spiro atoms. The Balaban J connectivity index is 2.16. The molecule has 0 saturated carbocycles. The maximum atomic E-state index is 13.0. The predicted molar refractivity (Wildman–Crippen MR) is 127 cm³/mol. The molecule has 0 heterocycles. The van der Waals surface area contributed by atoms with Crippen molar-refractivity contribution in [3.05, 3.63) is 62.0 Å². The number of carbonyl (C=O) groups is 2. The van der Waals surface area contributed by atoms with Crippen molar-refractivity contribution < 1.29 is 14.3 Å². The third-order valence-electron chi connectivity index (χ3n) is 4.68. The Hall–Kier alpha value is -1.57. The van der Waals surface area contributed by atoms with E-state index >= 15 is 0 Å². The lowest BCUT2D eigenvalue weighted by molar-refractivity contribution is -0.142. The summed E-state index contributed by atoms with van der Waals surface area (Å²) in [5.74, 6) is -0.0892. The zero-order valence-corrected chi connectivity index (χ0v) is 21.1. The van der Waals surface area contributed by atoms with Gasteiger partial charge in [0.05, 0.1) is 5.02 Å². The number of hydrogen-bond donors (Lipinski definition) is 1. The number of rotatable bonds is 9. The number of halogens is 3. The summed E-state index contributed by atoms with van der Waals surface area (Å²) < 4.78 is 7.40. The molecular weight excluding hydrogens is 536 g/mol. The van der Waals surface area contributed by atoms with Gasteiger partial charge >= 0.3 is 0 Å². The van der Waals surface area contributed by atoms with Crippen molar-refractivity contribution in [3.63, 3.8) is 0 Å². The van der Waals surface area contributed by atoms with Gasteiger partial charge in [0.15, 0.2) is 6.61 Å². The van der Waals surface area contributed by atoms with E-state index in [0.717, 1.165) is 20.9 Å². The molecule has 1 N–H and O–H groups in total. The fourth-order valence-electron chi connectivity index (χ4n) is 2.65. The second kappa shape index (κ2) is 11.7. The normalized spacial score (nSPS) is 12.7. The molecule has 0 aliphatic heterocycles. The van der Waals surface area contributed by atoms with Crippen molar-refractivity contribution in [2.45, 2.75) is 45.8 Å². The molecule has 2 aromatic carbocycles. The fraction of sp³-hybridized carbons (Fsp3) is 0.364. The van der Waals surface area contributed by atoms with Crippen LogP contribution in [-0.2, 0) is 16.1 Å². The fourth-order valence-corrected chi connectivity index (χ4v) is 3.64. The molecule has 2 amide bonds. The van der Waals surface area contributed by atoms with Gasteiger partial charge in [0, 0.05) is 21.5 Å². The van der Waals surface area contributed by atoms with E-state index in [1.807, 2.05) is 38.1 Å². The average molecular weight is 561 g/mol. The Kier molecular flexibility index (Phi) is 9.65. The van der Waals surface area contributed by atoms with Crippen molar-refractivity contribution >= 4 is 55.3 Å². The highest BCUT2D eigenvalue weighted by Crippen LogP contribution is 2.27. The van der Waals surface area contributed by atoms with Gasteiger partial charge in [0.1, 0.15) is 11.8 Å². The van der Waals surface area contributed by atoms with E-state index in [4.69, 9.17) is 16.3 Å². The van der Waals surface area contributed by atoms with Crippen LogP contribution < -0.4 is 10.1 Å². The van der Waals surface area contributed by atoms with Gasteiger partial charge in [-0.25, -0.2) is 0 Å². The summed E-state index contributed by atoms with van der Waals surface area (Å²) in [6.07, 6.45) is 0.810. The SMILES string of the molecule is CC[C@@H](C)NC(=O)[C@@H](C)N(Cc1ccc(Br)cc1)C(=O)COc1ccc(Br)cc1Cl. The van der Waals surface area contributed by atoms with Crippen LogP contribution in [0.1, 0.15) is 32.8 Å². The minimum absolute atomic E-state index is 0.0300. The molecule has 2 aromatic rings. The Labute approximate surface area is 199 Å². The smallest absolute Gasteiger partial charge is 0.261 e. The Morgan fingerprint density at radius 1 is 1.10 bits per heavy atom. The van der Waals surface area contributed by atoms with Gasteiger partial charge in [-0.15, -0.1) is 0 Å². The number of nitrogens with zero attached hydrogens (tertiary/aromatic N) is 1. The molecule has 30 heavy (non-hydrogen) atoms. The quantitative estimate of drug-likeness (QED) is 0.436. The van der Waals surface area contributed by atoms with Crippen molar-refractivity contribution in [2.75, 3.05) is 6.61 Å². The molecule has 0 unspecified atom stereocenters. The van der Waals surface area contributed by atoms with Crippen LogP contribution in [0.25, 0.3) is 0 Å². The van der Waals surface area contributed by atoms with E-state index in [1.165, 1.54) is 4.90 Å². The molecule has 0 fully saturated rings. The van der Waals surface area contributed by atoms with Crippen LogP contribution in [0, 0.1) is 0 Å². The summed E-state index contributed by atoms with van der Waals surface area (Å²) in [5, 5.41) is 3.34. The van der Waals surface area contributed by atoms with Gasteiger partial charge in [-0.3, -0.25) is 9.59 Å². The average Bonchev–Trinajstić information content (AvgIpc) is 2.71. The van der Waals surface area contributed by atoms with E-state index in [1.54, 1.807) is 25.1 Å². The molecule has 2 atom stereocenters. The first-order chi connectivity index (χ1) is 14.2. The first-order valence-electron chi connectivity index (χ1n) is 9.63. The summed E-state index contributed by atoms with van der Waals surface area (Å²) in [5.41, 5.74) is 0.913. The van der Waals surface area contributed by atoms with Crippen LogP contribution in [0.2, 0.25) is 5.02 Å². The zero-order valence-electron chi connectivity index (χ0n) is 17.1.